The molecule has 1 aliphatic rings. The van der Waals surface area contributed by atoms with Gasteiger partial charge in [-0.1, -0.05) is 0 Å². The van der Waals surface area contributed by atoms with E-state index in [0.29, 0.717) is 13.0 Å². The van der Waals surface area contributed by atoms with Gasteiger partial charge in [0.15, 0.2) is 0 Å². The molecular weight excluding hydrogens is 304 g/mol. The maximum Gasteiger partial charge on any atom is 0.241 e. The first-order valence-electron chi connectivity index (χ1n) is 6.93. The molecule has 118 valence electrons. The Bertz CT molecular complexity index is 601. The summed E-state index contributed by atoms with van der Waals surface area (Å²) in [7, 11) is 1.67. The fourth-order valence-electron chi connectivity index (χ4n) is 2.43. The number of methoxy groups -OCH3 is 1. The van der Waals surface area contributed by atoms with Crippen molar-refractivity contribution in [2.45, 2.75) is 18.6 Å². The highest BCUT2D eigenvalue weighted by Crippen LogP contribution is 2.15. The zero-order valence-corrected chi connectivity index (χ0v) is 13.0. The van der Waals surface area contributed by atoms with Crippen LogP contribution in [0.1, 0.15) is 6.42 Å². The SMILES string of the molecule is CO[C@@H]1CN[C@@H](C(=O)Nc2ccc(-n3cccn3)cc2)C1.Cl. The molecule has 2 atom stereocenters. The third-order valence-corrected chi connectivity index (χ3v) is 3.64. The molecule has 1 aromatic heterocycles. The lowest BCUT2D eigenvalue weighted by atomic mass is 10.2. The van der Waals surface area contributed by atoms with Gasteiger partial charge in [0, 0.05) is 31.7 Å². The lowest BCUT2D eigenvalue weighted by molar-refractivity contribution is -0.118. The molecule has 1 saturated heterocycles. The standard InChI is InChI=1S/C15H18N4O2.ClH/c1-21-13-9-14(16-10-13)15(20)18-11-3-5-12(6-4-11)19-8-2-7-17-19;/h2-8,13-14,16H,9-10H2,1H3,(H,18,20);1H/t13-,14+;/m0./s1. The van der Waals surface area contributed by atoms with Crippen LogP contribution < -0.4 is 10.6 Å². The first-order valence-corrected chi connectivity index (χ1v) is 6.93. The molecule has 0 bridgehead atoms. The van der Waals surface area contributed by atoms with E-state index in [4.69, 9.17) is 4.74 Å². The van der Waals surface area contributed by atoms with Crippen LogP contribution in [0.4, 0.5) is 5.69 Å². The maximum atomic E-state index is 12.1. The highest BCUT2D eigenvalue weighted by molar-refractivity contribution is 5.95. The van der Waals surface area contributed by atoms with Crippen molar-refractivity contribution in [3.8, 4) is 5.69 Å². The van der Waals surface area contributed by atoms with Crippen molar-refractivity contribution in [2.75, 3.05) is 19.0 Å². The number of hydrogen-bond donors (Lipinski definition) is 2. The Labute approximate surface area is 135 Å². The molecule has 1 aromatic carbocycles. The second kappa shape index (κ2) is 7.40. The van der Waals surface area contributed by atoms with Crippen molar-refractivity contribution in [1.82, 2.24) is 15.1 Å². The number of nitrogens with zero attached hydrogens (tertiary/aromatic N) is 2. The van der Waals surface area contributed by atoms with Gasteiger partial charge in [-0.2, -0.15) is 5.10 Å². The summed E-state index contributed by atoms with van der Waals surface area (Å²) in [6.45, 7) is 0.715. The van der Waals surface area contributed by atoms with Crippen LogP contribution in [0.15, 0.2) is 42.7 Å². The van der Waals surface area contributed by atoms with Crippen molar-refractivity contribution >= 4 is 24.0 Å². The molecule has 2 N–H and O–H groups in total. The van der Waals surface area contributed by atoms with E-state index in [-0.39, 0.29) is 30.5 Å². The first-order chi connectivity index (χ1) is 10.3. The summed E-state index contributed by atoms with van der Waals surface area (Å²) in [5.74, 6) is -0.0265. The summed E-state index contributed by atoms with van der Waals surface area (Å²) in [5, 5.41) is 10.2. The Balaban J connectivity index is 0.00000176. The second-order valence-electron chi connectivity index (χ2n) is 5.04. The van der Waals surface area contributed by atoms with E-state index in [0.717, 1.165) is 11.4 Å². The number of rotatable bonds is 4. The molecular formula is C15H19ClN4O2. The first kappa shape index (κ1) is 16.5. The molecule has 0 aliphatic carbocycles. The third-order valence-electron chi connectivity index (χ3n) is 3.64. The number of anilines is 1. The van der Waals surface area contributed by atoms with E-state index < -0.39 is 0 Å². The van der Waals surface area contributed by atoms with Gasteiger partial charge in [0.2, 0.25) is 5.91 Å². The molecule has 0 saturated carbocycles. The number of amides is 1. The Morgan fingerprint density at radius 3 is 2.77 bits per heavy atom. The Morgan fingerprint density at radius 2 is 2.18 bits per heavy atom. The molecule has 3 rings (SSSR count). The Kier molecular flexibility index (Phi) is 5.54. The predicted molar refractivity (Wildman–Crippen MR) is 86.6 cm³/mol. The summed E-state index contributed by atoms with van der Waals surface area (Å²) in [4.78, 5) is 12.1. The van der Waals surface area contributed by atoms with Gasteiger partial charge in [0.05, 0.1) is 17.8 Å². The highest BCUT2D eigenvalue weighted by Gasteiger charge is 2.29. The van der Waals surface area contributed by atoms with Crippen molar-refractivity contribution in [3.05, 3.63) is 42.7 Å². The number of carbonyl (C=O) groups is 1. The minimum Gasteiger partial charge on any atom is -0.380 e. The monoisotopic (exact) mass is 322 g/mol. The molecule has 1 fully saturated rings. The zero-order valence-electron chi connectivity index (χ0n) is 12.2. The second-order valence-corrected chi connectivity index (χ2v) is 5.04. The molecule has 6 nitrogen and oxygen atoms in total. The number of carbonyl (C=O) groups excluding carboxylic acids is 1. The van der Waals surface area contributed by atoms with Gasteiger partial charge in [-0.15, -0.1) is 12.4 Å². The largest absolute Gasteiger partial charge is 0.380 e. The summed E-state index contributed by atoms with van der Waals surface area (Å²) in [6.07, 6.45) is 4.42. The third kappa shape index (κ3) is 3.65. The molecule has 2 aromatic rings. The number of aromatic nitrogens is 2. The number of nitrogens with one attached hydrogen (secondary N) is 2. The maximum absolute atomic E-state index is 12.1. The Hall–Kier alpha value is -1.89. The lowest BCUT2D eigenvalue weighted by Gasteiger charge is -2.11. The number of ether oxygens (including phenoxy) is 1. The van der Waals surface area contributed by atoms with Crippen molar-refractivity contribution in [1.29, 1.82) is 0 Å². The zero-order chi connectivity index (χ0) is 14.7. The van der Waals surface area contributed by atoms with Gasteiger partial charge in [-0.3, -0.25) is 4.79 Å². The van der Waals surface area contributed by atoms with Gasteiger partial charge in [-0.05, 0) is 36.8 Å². The summed E-state index contributed by atoms with van der Waals surface area (Å²) >= 11 is 0. The van der Waals surface area contributed by atoms with Crippen LogP contribution in [-0.2, 0) is 9.53 Å². The molecule has 7 heteroatoms. The quantitative estimate of drug-likeness (QED) is 0.897. The molecule has 1 aliphatic heterocycles. The van der Waals surface area contributed by atoms with Crippen LogP contribution in [0.2, 0.25) is 0 Å². The highest BCUT2D eigenvalue weighted by atomic mass is 35.5. The van der Waals surface area contributed by atoms with Gasteiger partial charge in [0.25, 0.3) is 0 Å². The van der Waals surface area contributed by atoms with E-state index in [9.17, 15) is 4.79 Å². The average Bonchev–Trinajstić information content (AvgIpc) is 3.19. The van der Waals surface area contributed by atoms with Crippen LogP contribution in [0.5, 0.6) is 0 Å². The molecule has 2 heterocycles. The number of benzene rings is 1. The van der Waals surface area contributed by atoms with Crippen LogP contribution in [-0.4, -0.2) is 41.5 Å². The minimum atomic E-state index is -0.194. The van der Waals surface area contributed by atoms with Crippen LogP contribution in [0.3, 0.4) is 0 Å². The lowest BCUT2D eigenvalue weighted by Crippen LogP contribution is -2.35. The smallest absolute Gasteiger partial charge is 0.241 e. The minimum absolute atomic E-state index is 0. The normalized spacial score (nSPS) is 20.4. The predicted octanol–water partition coefficient (Wildman–Crippen LogP) is 1.61. The average molecular weight is 323 g/mol. The van der Waals surface area contributed by atoms with Crippen molar-refractivity contribution in [2.24, 2.45) is 0 Å². The van der Waals surface area contributed by atoms with E-state index in [1.54, 1.807) is 18.0 Å². The summed E-state index contributed by atoms with van der Waals surface area (Å²) < 4.78 is 7.02. The summed E-state index contributed by atoms with van der Waals surface area (Å²) in [5.41, 5.74) is 1.73. The van der Waals surface area contributed by atoms with E-state index >= 15 is 0 Å². The van der Waals surface area contributed by atoms with E-state index in [2.05, 4.69) is 15.7 Å². The molecule has 0 spiro atoms. The molecule has 22 heavy (non-hydrogen) atoms. The Morgan fingerprint density at radius 1 is 1.41 bits per heavy atom. The van der Waals surface area contributed by atoms with Crippen LogP contribution in [0, 0.1) is 0 Å². The van der Waals surface area contributed by atoms with Gasteiger partial charge >= 0.3 is 0 Å². The molecule has 1 amide bonds. The fourth-order valence-corrected chi connectivity index (χ4v) is 2.43. The van der Waals surface area contributed by atoms with Gasteiger partial charge < -0.3 is 15.4 Å². The van der Waals surface area contributed by atoms with Crippen LogP contribution in [0.25, 0.3) is 5.69 Å². The molecule has 0 unspecified atom stereocenters. The topological polar surface area (TPSA) is 68.2 Å². The number of hydrogen-bond acceptors (Lipinski definition) is 4. The fraction of sp³-hybridized carbons (Fsp3) is 0.333. The summed E-state index contributed by atoms with van der Waals surface area (Å²) in [6, 6.07) is 9.26. The van der Waals surface area contributed by atoms with Gasteiger partial charge in [0.1, 0.15) is 0 Å². The van der Waals surface area contributed by atoms with E-state index in [1.165, 1.54) is 0 Å². The van der Waals surface area contributed by atoms with Gasteiger partial charge in [-0.25, -0.2) is 4.68 Å². The number of halogens is 1. The molecule has 0 radical (unpaired) electrons. The van der Waals surface area contributed by atoms with E-state index in [1.807, 2.05) is 36.5 Å². The van der Waals surface area contributed by atoms with Crippen LogP contribution >= 0.6 is 12.4 Å². The van der Waals surface area contributed by atoms with Crippen molar-refractivity contribution < 1.29 is 9.53 Å². The van der Waals surface area contributed by atoms with Crippen molar-refractivity contribution in [3.63, 3.8) is 0 Å².